The Labute approximate surface area is 187 Å². The Morgan fingerprint density at radius 1 is 1.09 bits per heavy atom. The van der Waals surface area contributed by atoms with E-state index in [2.05, 4.69) is 4.90 Å². The molecule has 2 aromatic rings. The third-order valence-electron chi connectivity index (χ3n) is 6.70. The van der Waals surface area contributed by atoms with E-state index in [0.717, 1.165) is 11.1 Å². The summed E-state index contributed by atoms with van der Waals surface area (Å²) in [7, 11) is 13.1. The molecule has 0 unspecified atom stereocenters. The Bertz CT molecular complexity index is 1130. The maximum Gasteiger partial charge on any atom is 0.343 e. The van der Waals surface area contributed by atoms with Crippen LogP contribution in [0.2, 0.25) is 0 Å². The minimum absolute atomic E-state index is 0.0748. The van der Waals surface area contributed by atoms with E-state index in [9.17, 15) is 4.79 Å². The maximum absolute atomic E-state index is 13.1. The van der Waals surface area contributed by atoms with Crippen molar-refractivity contribution in [1.82, 2.24) is 4.90 Å². The highest BCUT2D eigenvalue weighted by atomic mass is 16.7. The molecular weight excluding hydrogens is 413 g/mol. The Balaban J connectivity index is 1.77. The molecule has 2 radical (unpaired) electrons. The number of carbonyl (C=O) groups excluding carboxylic acids is 1. The number of hydrogen-bond donors (Lipinski definition) is 0. The fourth-order valence-corrected chi connectivity index (χ4v) is 5.33. The number of cyclic esters (lactones) is 1. The number of hydrogen-bond acceptors (Lipinski definition) is 8. The first-order valence-electron chi connectivity index (χ1n) is 10.3. The summed E-state index contributed by atoms with van der Waals surface area (Å²) in [5, 5.41) is 0. The van der Waals surface area contributed by atoms with Crippen molar-refractivity contribution >= 4 is 19.3 Å². The lowest BCUT2D eigenvalue weighted by Gasteiger charge is -2.44. The second kappa shape index (κ2) is 7.23. The molecule has 166 valence electrons. The molecule has 2 atom stereocenters. The highest BCUT2D eigenvalue weighted by molar-refractivity contribution is 6.36. The van der Waals surface area contributed by atoms with Crippen molar-refractivity contribution in [1.29, 1.82) is 0 Å². The average molecular weight is 437 g/mol. The minimum atomic E-state index is -1.04. The average Bonchev–Trinajstić information content (AvgIpc) is 3.37. The number of ether oxygens (including phenoxy) is 6. The van der Waals surface area contributed by atoms with Gasteiger partial charge >= 0.3 is 5.97 Å². The van der Waals surface area contributed by atoms with Crippen molar-refractivity contribution in [2.24, 2.45) is 0 Å². The molecule has 3 heterocycles. The lowest BCUT2D eigenvalue weighted by molar-refractivity contribution is -0.0508. The highest BCUT2D eigenvalue weighted by Gasteiger charge is 2.54. The summed E-state index contributed by atoms with van der Waals surface area (Å²) in [6, 6.07) is 3.25. The van der Waals surface area contributed by atoms with Crippen LogP contribution in [0.3, 0.4) is 0 Å². The number of esters is 1. The van der Waals surface area contributed by atoms with Gasteiger partial charge in [-0.3, -0.25) is 4.90 Å². The maximum atomic E-state index is 13.1. The smallest absolute Gasteiger partial charge is 0.343 e. The lowest BCUT2D eigenvalue weighted by Crippen LogP contribution is -2.46. The second-order valence-electron chi connectivity index (χ2n) is 8.26. The van der Waals surface area contributed by atoms with Crippen LogP contribution in [0.1, 0.15) is 40.0 Å². The molecule has 3 aliphatic heterocycles. The molecule has 0 bridgehead atoms. The Morgan fingerprint density at radius 3 is 2.50 bits per heavy atom. The van der Waals surface area contributed by atoms with Crippen molar-refractivity contribution in [2.45, 2.75) is 25.0 Å². The van der Waals surface area contributed by atoms with E-state index < -0.39 is 11.6 Å². The van der Waals surface area contributed by atoms with E-state index >= 15 is 0 Å². The quantitative estimate of drug-likeness (QED) is 0.530. The van der Waals surface area contributed by atoms with E-state index in [1.54, 1.807) is 13.2 Å². The van der Waals surface area contributed by atoms with Crippen molar-refractivity contribution in [3.8, 4) is 28.7 Å². The Morgan fingerprint density at radius 2 is 1.81 bits per heavy atom. The molecule has 32 heavy (non-hydrogen) atoms. The molecule has 0 N–H and O–H groups in total. The van der Waals surface area contributed by atoms with Gasteiger partial charge < -0.3 is 28.4 Å². The fourth-order valence-electron chi connectivity index (χ4n) is 5.33. The highest BCUT2D eigenvalue weighted by Crippen LogP contribution is 2.57. The van der Waals surface area contributed by atoms with Crippen LogP contribution in [0, 0.1) is 0 Å². The van der Waals surface area contributed by atoms with E-state index in [1.807, 2.05) is 20.0 Å². The van der Waals surface area contributed by atoms with Gasteiger partial charge in [-0.05, 0) is 37.5 Å². The largest absolute Gasteiger partial charge is 0.493 e. The van der Waals surface area contributed by atoms with Gasteiger partial charge in [-0.1, -0.05) is 6.07 Å². The monoisotopic (exact) mass is 437 g/mol. The summed E-state index contributed by atoms with van der Waals surface area (Å²) in [6.45, 7) is 2.69. The Kier molecular flexibility index (Phi) is 4.70. The van der Waals surface area contributed by atoms with Crippen LogP contribution in [0.5, 0.6) is 28.7 Å². The van der Waals surface area contributed by atoms with Gasteiger partial charge in [0.05, 0.1) is 27.4 Å². The van der Waals surface area contributed by atoms with Crippen LogP contribution in [0.4, 0.5) is 0 Å². The SMILES string of the molecule is [B]c1c2c(c(OC)c3c1OCO3)[C@H]([C@@]1(C)OC(=O)c3c1ccc(OC)c3OC)N(C)CC2. The number of carbonyl (C=O) groups is 1. The van der Waals surface area contributed by atoms with Crippen molar-refractivity contribution < 1.29 is 33.2 Å². The normalized spacial score (nSPS) is 23.4. The summed E-state index contributed by atoms with van der Waals surface area (Å²) in [6.07, 6.45) is 0.698. The van der Waals surface area contributed by atoms with Crippen LogP contribution in [0.15, 0.2) is 12.1 Å². The molecule has 0 saturated carbocycles. The van der Waals surface area contributed by atoms with E-state index in [1.165, 1.54) is 14.2 Å². The molecule has 0 fully saturated rings. The molecule has 0 spiro atoms. The van der Waals surface area contributed by atoms with Gasteiger partial charge in [0, 0.05) is 17.7 Å². The Hall–Kier alpha value is -3.07. The number of nitrogens with zero attached hydrogens (tertiary/aromatic N) is 1. The van der Waals surface area contributed by atoms with E-state index in [-0.39, 0.29) is 12.8 Å². The van der Waals surface area contributed by atoms with Gasteiger partial charge in [0.15, 0.2) is 28.6 Å². The summed E-state index contributed by atoms with van der Waals surface area (Å²) < 4.78 is 34.2. The lowest BCUT2D eigenvalue weighted by atomic mass is 9.74. The summed E-state index contributed by atoms with van der Waals surface area (Å²) >= 11 is 0. The standard InChI is InChI=1S/C23H24BNO7/c1-23(12-6-7-13(27-3)17(28-4)15(12)22(26)32-23)21-14-11(8-9-25(21)2)16(24)19-20(18(14)29-5)31-10-30-19/h6-7,21H,8-10H2,1-5H3/t21-,23+/m1/s1. The van der Waals surface area contributed by atoms with Gasteiger partial charge in [0.1, 0.15) is 13.4 Å². The number of fused-ring (bicyclic) bond motifs is 3. The molecule has 9 heteroatoms. The summed E-state index contributed by atoms with van der Waals surface area (Å²) in [4.78, 5) is 15.3. The molecule has 0 amide bonds. The molecule has 2 aromatic carbocycles. The molecule has 0 aromatic heterocycles. The van der Waals surface area contributed by atoms with Crippen LogP contribution >= 0.6 is 0 Å². The number of rotatable bonds is 4. The van der Waals surface area contributed by atoms with E-state index in [4.69, 9.17) is 36.3 Å². The van der Waals surface area contributed by atoms with Crippen LogP contribution < -0.4 is 29.1 Å². The predicted octanol–water partition coefficient (Wildman–Crippen LogP) is 1.85. The van der Waals surface area contributed by atoms with Gasteiger partial charge in [-0.2, -0.15) is 0 Å². The van der Waals surface area contributed by atoms with Gasteiger partial charge in [0.2, 0.25) is 12.5 Å². The summed E-state index contributed by atoms with van der Waals surface area (Å²) in [5.74, 6) is 1.88. The molecule has 0 aliphatic carbocycles. The topological polar surface area (TPSA) is 75.7 Å². The van der Waals surface area contributed by atoms with Crippen molar-refractivity contribution in [3.05, 3.63) is 34.4 Å². The van der Waals surface area contributed by atoms with Crippen LogP contribution in [-0.4, -0.2) is 60.4 Å². The number of likely N-dealkylation sites (N-methyl/N-ethyl adjacent to an activating group) is 1. The molecule has 3 aliphatic rings. The van der Waals surface area contributed by atoms with Gasteiger partial charge in [-0.15, -0.1) is 0 Å². The van der Waals surface area contributed by atoms with Gasteiger partial charge in [-0.25, -0.2) is 4.79 Å². The zero-order valence-electron chi connectivity index (χ0n) is 18.7. The van der Waals surface area contributed by atoms with Crippen LogP contribution in [-0.2, 0) is 16.8 Å². The summed E-state index contributed by atoms with van der Waals surface area (Å²) in [5.41, 5.74) is 2.32. The second-order valence-corrected chi connectivity index (χ2v) is 8.26. The molecule has 8 nitrogen and oxygen atoms in total. The first kappa shape index (κ1) is 20.8. The third-order valence-corrected chi connectivity index (χ3v) is 6.70. The molecular formula is C23H24BNO7. The first-order chi connectivity index (χ1) is 15.4. The van der Waals surface area contributed by atoms with Crippen molar-refractivity contribution in [2.75, 3.05) is 41.7 Å². The fraction of sp³-hybridized carbons (Fsp3) is 0.435. The zero-order valence-corrected chi connectivity index (χ0v) is 18.7. The van der Waals surface area contributed by atoms with Crippen LogP contribution in [0.25, 0.3) is 0 Å². The van der Waals surface area contributed by atoms with E-state index in [0.29, 0.717) is 58.3 Å². The number of benzene rings is 2. The molecule has 0 saturated heterocycles. The third kappa shape index (κ3) is 2.57. The van der Waals surface area contributed by atoms with Gasteiger partial charge in [0.25, 0.3) is 0 Å². The number of methoxy groups -OCH3 is 3. The molecule has 5 rings (SSSR count). The first-order valence-corrected chi connectivity index (χ1v) is 10.3. The predicted molar refractivity (Wildman–Crippen MR) is 116 cm³/mol. The minimum Gasteiger partial charge on any atom is -0.493 e. The zero-order chi connectivity index (χ0) is 22.8. The van der Waals surface area contributed by atoms with Crippen molar-refractivity contribution in [3.63, 3.8) is 0 Å².